The van der Waals surface area contributed by atoms with Crippen LogP contribution in [0.15, 0.2) is 35.2 Å². The number of ether oxygens (including phenoxy) is 2. The summed E-state index contributed by atoms with van der Waals surface area (Å²) in [4.78, 5) is 6.82. The summed E-state index contributed by atoms with van der Waals surface area (Å²) in [6, 6.07) is 5.90. The lowest BCUT2D eigenvalue weighted by Gasteiger charge is -2.26. The minimum Gasteiger partial charge on any atom is -0.477 e. The number of imidazole rings is 1. The number of morpholine rings is 1. The van der Waals surface area contributed by atoms with Crippen molar-refractivity contribution in [1.29, 1.82) is 0 Å². The van der Waals surface area contributed by atoms with Crippen LogP contribution in [0.1, 0.15) is 6.42 Å². The molecule has 6 nitrogen and oxygen atoms in total. The number of thiophene rings is 1. The van der Waals surface area contributed by atoms with Gasteiger partial charge < -0.3 is 9.47 Å². The monoisotopic (exact) mass is 344 g/mol. The molecule has 7 heteroatoms. The average molecular weight is 344 g/mol. The highest BCUT2D eigenvalue weighted by Gasteiger charge is 2.11. The van der Waals surface area contributed by atoms with Crippen LogP contribution < -0.4 is 4.74 Å². The van der Waals surface area contributed by atoms with Crippen LogP contribution in [0.3, 0.4) is 0 Å². The molecule has 0 bridgehead atoms. The molecule has 4 heterocycles. The van der Waals surface area contributed by atoms with Crippen molar-refractivity contribution in [3.8, 4) is 17.1 Å². The smallest absolute Gasteiger partial charge is 0.231 e. The summed E-state index contributed by atoms with van der Waals surface area (Å²) in [5.74, 6) is 0.638. The van der Waals surface area contributed by atoms with Crippen LogP contribution in [-0.2, 0) is 4.74 Å². The molecule has 0 aliphatic carbocycles. The molecule has 0 aromatic carbocycles. The predicted molar refractivity (Wildman–Crippen MR) is 93.7 cm³/mol. The first-order valence-electron chi connectivity index (χ1n) is 8.20. The number of hydrogen-bond acceptors (Lipinski definition) is 6. The van der Waals surface area contributed by atoms with Gasteiger partial charge in [-0.3, -0.25) is 4.90 Å². The van der Waals surface area contributed by atoms with Crippen molar-refractivity contribution in [1.82, 2.24) is 19.5 Å². The molecule has 1 fully saturated rings. The van der Waals surface area contributed by atoms with Gasteiger partial charge in [0.15, 0.2) is 5.65 Å². The van der Waals surface area contributed by atoms with Crippen LogP contribution in [0.25, 0.3) is 16.9 Å². The van der Waals surface area contributed by atoms with Gasteiger partial charge in [0, 0.05) is 36.6 Å². The second kappa shape index (κ2) is 7.29. The maximum Gasteiger partial charge on any atom is 0.231 e. The van der Waals surface area contributed by atoms with Gasteiger partial charge in [-0.25, -0.2) is 9.50 Å². The van der Waals surface area contributed by atoms with Crippen molar-refractivity contribution < 1.29 is 9.47 Å². The second-order valence-corrected chi connectivity index (χ2v) is 6.53. The summed E-state index contributed by atoms with van der Waals surface area (Å²) in [6.45, 7) is 5.41. The molecule has 3 aromatic rings. The van der Waals surface area contributed by atoms with Crippen molar-refractivity contribution in [3.05, 3.63) is 35.2 Å². The van der Waals surface area contributed by atoms with Crippen molar-refractivity contribution in [2.75, 3.05) is 39.5 Å². The van der Waals surface area contributed by atoms with Gasteiger partial charge in [0.25, 0.3) is 0 Å². The van der Waals surface area contributed by atoms with Gasteiger partial charge in [-0.2, -0.15) is 11.3 Å². The van der Waals surface area contributed by atoms with Crippen LogP contribution in [0.5, 0.6) is 5.88 Å². The Bertz CT molecular complexity index is 781. The van der Waals surface area contributed by atoms with Gasteiger partial charge >= 0.3 is 0 Å². The van der Waals surface area contributed by atoms with E-state index in [1.165, 1.54) is 0 Å². The number of rotatable bonds is 6. The molecule has 0 radical (unpaired) electrons. The van der Waals surface area contributed by atoms with Gasteiger partial charge in [-0.15, -0.1) is 5.10 Å². The van der Waals surface area contributed by atoms with Crippen LogP contribution in [0, 0.1) is 0 Å². The summed E-state index contributed by atoms with van der Waals surface area (Å²) < 4.78 is 13.0. The summed E-state index contributed by atoms with van der Waals surface area (Å²) in [7, 11) is 0. The fourth-order valence-corrected chi connectivity index (χ4v) is 3.48. The molecular formula is C17H20N4O2S. The Morgan fingerprint density at radius 2 is 2.12 bits per heavy atom. The highest BCUT2D eigenvalue weighted by atomic mass is 32.1. The zero-order valence-electron chi connectivity index (χ0n) is 13.4. The van der Waals surface area contributed by atoms with E-state index in [9.17, 15) is 0 Å². The zero-order chi connectivity index (χ0) is 16.2. The van der Waals surface area contributed by atoms with E-state index in [0.29, 0.717) is 12.5 Å². The van der Waals surface area contributed by atoms with Crippen molar-refractivity contribution in [2.24, 2.45) is 0 Å². The molecule has 0 atom stereocenters. The van der Waals surface area contributed by atoms with Gasteiger partial charge in [0.05, 0.1) is 31.7 Å². The quantitative estimate of drug-likeness (QED) is 0.643. The first kappa shape index (κ1) is 15.6. The Hall–Kier alpha value is -1.96. The van der Waals surface area contributed by atoms with E-state index in [-0.39, 0.29) is 0 Å². The van der Waals surface area contributed by atoms with E-state index in [1.54, 1.807) is 11.3 Å². The first-order valence-corrected chi connectivity index (χ1v) is 9.15. The van der Waals surface area contributed by atoms with Crippen molar-refractivity contribution in [2.45, 2.75) is 6.42 Å². The van der Waals surface area contributed by atoms with E-state index in [0.717, 1.165) is 56.2 Å². The molecule has 3 aromatic heterocycles. The average Bonchev–Trinajstić information content (AvgIpc) is 3.28. The molecular weight excluding hydrogens is 324 g/mol. The van der Waals surface area contributed by atoms with Crippen molar-refractivity contribution in [3.63, 3.8) is 0 Å². The van der Waals surface area contributed by atoms with Crippen molar-refractivity contribution >= 4 is 17.0 Å². The third kappa shape index (κ3) is 3.43. The normalized spacial score (nSPS) is 15.8. The number of nitrogens with zero attached hydrogens (tertiary/aromatic N) is 4. The third-order valence-corrected chi connectivity index (χ3v) is 4.81. The van der Waals surface area contributed by atoms with E-state index < -0.39 is 0 Å². The number of hydrogen-bond donors (Lipinski definition) is 0. The van der Waals surface area contributed by atoms with Gasteiger partial charge in [-0.1, -0.05) is 0 Å². The lowest BCUT2D eigenvalue weighted by atomic mass is 10.3. The summed E-state index contributed by atoms with van der Waals surface area (Å²) in [5, 5.41) is 8.73. The highest BCUT2D eigenvalue weighted by molar-refractivity contribution is 7.08. The largest absolute Gasteiger partial charge is 0.477 e. The topological polar surface area (TPSA) is 51.9 Å². The van der Waals surface area contributed by atoms with E-state index in [1.807, 2.05) is 22.8 Å². The lowest BCUT2D eigenvalue weighted by molar-refractivity contribution is 0.0357. The Morgan fingerprint density at radius 1 is 1.21 bits per heavy atom. The molecule has 0 spiro atoms. The fraction of sp³-hybridized carbons (Fsp3) is 0.412. The fourth-order valence-electron chi connectivity index (χ4n) is 2.83. The maximum absolute atomic E-state index is 5.83. The van der Waals surface area contributed by atoms with Crippen LogP contribution >= 0.6 is 11.3 Å². The summed E-state index contributed by atoms with van der Waals surface area (Å²) >= 11 is 1.67. The Balaban J connectivity index is 1.38. The minimum absolute atomic E-state index is 0.638. The standard InChI is InChI=1S/C17H20N4O2S/c1(5-20-6-9-22-10-7-20)8-23-17-3-2-16-18-12-15(21(16)19-17)14-4-11-24-13-14/h2-4,11-13H,1,5-10H2. The molecule has 4 rings (SSSR count). The Morgan fingerprint density at radius 3 is 2.96 bits per heavy atom. The molecule has 0 unspecified atom stereocenters. The molecule has 1 saturated heterocycles. The SMILES string of the molecule is c1cc(-c2cnc3ccc(OCCCN4CCOCC4)nn23)cs1. The minimum atomic E-state index is 0.638. The third-order valence-electron chi connectivity index (χ3n) is 4.13. The van der Waals surface area contributed by atoms with E-state index in [2.05, 4.69) is 31.8 Å². The lowest BCUT2D eigenvalue weighted by Crippen LogP contribution is -2.37. The molecule has 24 heavy (non-hydrogen) atoms. The number of fused-ring (bicyclic) bond motifs is 1. The summed E-state index contributed by atoms with van der Waals surface area (Å²) in [5.41, 5.74) is 2.95. The molecule has 0 saturated carbocycles. The first-order chi connectivity index (χ1) is 11.9. The molecule has 1 aliphatic heterocycles. The molecule has 0 N–H and O–H groups in total. The van der Waals surface area contributed by atoms with Crippen LogP contribution in [-0.4, -0.2) is 59.0 Å². The van der Waals surface area contributed by atoms with Crippen LogP contribution in [0.4, 0.5) is 0 Å². The van der Waals surface area contributed by atoms with Gasteiger partial charge in [0.2, 0.25) is 5.88 Å². The molecule has 126 valence electrons. The predicted octanol–water partition coefficient (Wildman–Crippen LogP) is 2.56. The van der Waals surface area contributed by atoms with E-state index >= 15 is 0 Å². The Kier molecular flexibility index (Phi) is 4.73. The highest BCUT2D eigenvalue weighted by Crippen LogP contribution is 2.23. The van der Waals surface area contributed by atoms with Gasteiger partial charge in [-0.05, 0) is 23.9 Å². The van der Waals surface area contributed by atoms with Crippen LogP contribution in [0.2, 0.25) is 0 Å². The Labute approximate surface area is 144 Å². The number of aromatic nitrogens is 3. The maximum atomic E-state index is 5.83. The molecule has 1 aliphatic rings. The summed E-state index contributed by atoms with van der Waals surface area (Å²) in [6.07, 6.45) is 2.84. The van der Waals surface area contributed by atoms with E-state index in [4.69, 9.17) is 9.47 Å². The zero-order valence-corrected chi connectivity index (χ0v) is 14.2. The molecule has 0 amide bonds. The second-order valence-electron chi connectivity index (χ2n) is 5.75. The van der Waals surface area contributed by atoms with Gasteiger partial charge in [0.1, 0.15) is 0 Å².